The lowest BCUT2D eigenvalue weighted by molar-refractivity contribution is -0.384. The van der Waals surface area contributed by atoms with Crippen LogP contribution in [0, 0.1) is 17.0 Å². The molecule has 0 unspecified atom stereocenters. The molecule has 0 heterocycles. The van der Waals surface area contributed by atoms with E-state index in [0.29, 0.717) is 21.5 Å². The van der Waals surface area contributed by atoms with Crippen molar-refractivity contribution in [3.63, 3.8) is 0 Å². The third-order valence-electron chi connectivity index (χ3n) is 4.83. The Labute approximate surface area is 210 Å². The number of ether oxygens (including phenoxy) is 1. The van der Waals surface area contributed by atoms with Crippen molar-refractivity contribution in [2.24, 2.45) is 5.10 Å². The first-order valence-corrected chi connectivity index (χ1v) is 12.3. The fourth-order valence-corrected chi connectivity index (χ4v) is 5.13. The van der Waals surface area contributed by atoms with Gasteiger partial charge in [0.2, 0.25) is 0 Å². The molecule has 0 radical (unpaired) electrons. The van der Waals surface area contributed by atoms with E-state index >= 15 is 0 Å². The fraction of sp³-hybridized carbons (Fsp3) is 0.130. The van der Waals surface area contributed by atoms with Crippen LogP contribution in [0.2, 0.25) is 0 Å². The minimum absolute atomic E-state index is 0.0343. The second kappa shape index (κ2) is 11.1. The molecule has 0 saturated heterocycles. The highest BCUT2D eigenvalue weighted by atomic mass is 79.9. The maximum Gasteiger partial charge on any atom is 0.269 e. The van der Waals surface area contributed by atoms with Gasteiger partial charge in [-0.25, -0.2) is 13.8 Å². The molecular formula is C23H21BrN4O6S. The molecule has 0 spiro atoms. The van der Waals surface area contributed by atoms with Crippen LogP contribution in [0.5, 0.6) is 5.75 Å². The fourth-order valence-electron chi connectivity index (χ4n) is 2.99. The van der Waals surface area contributed by atoms with Crippen molar-refractivity contribution in [2.75, 3.05) is 18.0 Å². The third kappa shape index (κ3) is 6.43. The number of carbonyl (C=O) groups excluding carboxylic acids is 1. The molecule has 0 aliphatic carbocycles. The summed E-state index contributed by atoms with van der Waals surface area (Å²) in [5.74, 6) is -0.218. The predicted octanol–water partition coefficient (Wildman–Crippen LogP) is 4.02. The van der Waals surface area contributed by atoms with Crippen LogP contribution in [-0.4, -0.2) is 39.1 Å². The van der Waals surface area contributed by atoms with E-state index in [9.17, 15) is 23.3 Å². The molecule has 3 rings (SSSR count). The molecule has 3 aromatic carbocycles. The Hall–Kier alpha value is -3.77. The first-order valence-electron chi connectivity index (χ1n) is 10.1. The number of rotatable bonds is 9. The van der Waals surface area contributed by atoms with Gasteiger partial charge >= 0.3 is 0 Å². The summed E-state index contributed by atoms with van der Waals surface area (Å²) in [4.78, 5) is 22.8. The van der Waals surface area contributed by atoms with Gasteiger partial charge < -0.3 is 4.74 Å². The van der Waals surface area contributed by atoms with Gasteiger partial charge in [0, 0.05) is 12.1 Å². The maximum absolute atomic E-state index is 13.5. The smallest absolute Gasteiger partial charge is 0.269 e. The SMILES string of the molecule is COc1ccc(S(=O)(=O)N(CC(=O)N/N=C\c2ccc([N+](=O)[O-])cc2)c2ccc(C)cc2)cc1Br. The van der Waals surface area contributed by atoms with Crippen molar-refractivity contribution < 1.29 is 22.9 Å². The van der Waals surface area contributed by atoms with Crippen molar-refractivity contribution in [2.45, 2.75) is 11.8 Å². The summed E-state index contributed by atoms with van der Waals surface area (Å²) in [5.41, 5.74) is 3.97. The van der Waals surface area contributed by atoms with Crippen LogP contribution in [0.3, 0.4) is 0 Å². The van der Waals surface area contributed by atoms with Gasteiger partial charge in [-0.2, -0.15) is 5.10 Å². The Balaban J connectivity index is 1.83. The van der Waals surface area contributed by atoms with E-state index in [1.54, 1.807) is 24.3 Å². The van der Waals surface area contributed by atoms with Crippen LogP contribution in [0.1, 0.15) is 11.1 Å². The van der Waals surface area contributed by atoms with Crippen molar-refractivity contribution in [3.05, 3.63) is 92.4 Å². The summed E-state index contributed by atoms with van der Waals surface area (Å²) in [7, 11) is -2.66. The first kappa shape index (κ1) is 25.8. The number of hydrazone groups is 1. The minimum atomic E-state index is -4.13. The van der Waals surface area contributed by atoms with E-state index in [-0.39, 0.29) is 10.6 Å². The number of nitro groups is 1. The second-order valence-electron chi connectivity index (χ2n) is 7.29. The van der Waals surface area contributed by atoms with Gasteiger partial charge in [0.25, 0.3) is 21.6 Å². The van der Waals surface area contributed by atoms with Gasteiger partial charge in [0.1, 0.15) is 12.3 Å². The zero-order valence-electron chi connectivity index (χ0n) is 18.7. The average Bonchev–Trinajstić information content (AvgIpc) is 2.83. The lowest BCUT2D eigenvalue weighted by Gasteiger charge is -2.24. The van der Waals surface area contributed by atoms with Crippen molar-refractivity contribution in [1.29, 1.82) is 0 Å². The number of amides is 1. The lowest BCUT2D eigenvalue weighted by atomic mass is 10.2. The largest absolute Gasteiger partial charge is 0.496 e. The van der Waals surface area contributed by atoms with Gasteiger partial charge in [-0.15, -0.1) is 0 Å². The van der Waals surface area contributed by atoms with Crippen LogP contribution in [0.4, 0.5) is 11.4 Å². The Bertz CT molecular complexity index is 1360. The molecule has 0 aromatic heterocycles. The number of non-ortho nitro benzene ring substituents is 1. The summed E-state index contributed by atoms with van der Waals surface area (Å²) in [6.45, 7) is 1.33. The number of benzene rings is 3. The highest BCUT2D eigenvalue weighted by molar-refractivity contribution is 9.10. The van der Waals surface area contributed by atoms with Gasteiger partial charge in [-0.3, -0.25) is 19.2 Å². The standard InChI is InChI=1S/C23H21BrN4O6S/c1-16-3-7-18(8-4-16)27(35(32,33)20-11-12-22(34-2)21(24)13-20)15-23(29)26-25-14-17-5-9-19(10-6-17)28(30)31/h3-14H,15H2,1-2H3,(H,26,29)/b25-14-. The Morgan fingerprint density at radius 2 is 1.80 bits per heavy atom. The van der Waals surface area contributed by atoms with Crippen LogP contribution >= 0.6 is 15.9 Å². The molecule has 1 N–H and O–H groups in total. The molecule has 0 fully saturated rings. The number of anilines is 1. The number of nitrogens with zero attached hydrogens (tertiary/aromatic N) is 3. The van der Waals surface area contributed by atoms with E-state index in [1.165, 1.54) is 55.8 Å². The number of sulfonamides is 1. The van der Waals surface area contributed by atoms with Crippen molar-refractivity contribution in [3.8, 4) is 5.75 Å². The van der Waals surface area contributed by atoms with Gasteiger partial charge in [0.05, 0.1) is 33.3 Å². The van der Waals surface area contributed by atoms with E-state index < -0.39 is 27.4 Å². The van der Waals surface area contributed by atoms with Crippen LogP contribution in [0.25, 0.3) is 0 Å². The summed E-state index contributed by atoms with van der Waals surface area (Å²) in [5, 5.41) is 14.6. The van der Waals surface area contributed by atoms with Crippen LogP contribution in [-0.2, 0) is 14.8 Å². The molecule has 0 bridgehead atoms. The molecule has 0 saturated carbocycles. The Kier molecular flexibility index (Phi) is 8.20. The highest BCUT2D eigenvalue weighted by Gasteiger charge is 2.28. The molecule has 35 heavy (non-hydrogen) atoms. The normalized spacial score (nSPS) is 11.3. The monoisotopic (exact) mass is 560 g/mol. The lowest BCUT2D eigenvalue weighted by Crippen LogP contribution is -2.39. The quantitative estimate of drug-likeness (QED) is 0.239. The number of halogens is 1. The number of nitrogens with one attached hydrogen (secondary N) is 1. The predicted molar refractivity (Wildman–Crippen MR) is 135 cm³/mol. The third-order valence-corrected chi connectivity index (χ3v) is 7.22. The second-order valence-corrected chi connectivity index (χ2v) is 10.0. The average molecular weight is 561 g/mol. The molecule has 0 aliphatic heterocycles. The number of hydrogen-bond acceptors (Lipinski definition) is 7. The van der Waals surface area contributed by atoms with Crippen molar-refractivity contribution >= 4 is 49.4 Å². The van der Waals surface area contributed by atoms with Crippen molar-refractivity contribution in [1.82, 2.24) is 5.43 Å². The van der Waals surface area contributed by atoms with E-state index in [1.807, 2.05) is 6.92 Å². The van der Waals surface area contributed by atoms with Gasteiger partial charge in [-0.1, -0.05) is 17.7 Å². The minimum Gasteiger partial charge on any atom is -0.496 e. The number of methoxy groups -OCH3 is 1. The van der Waals surface area contributed by atoms with Crippen LogP contribution < -0.4 is 14.5 Å². The van der Waals surface area contributed by atoms with E-state index in [4.69, 9.17) is 4.74 Å². The summed E-state index contributed by atoms with van der Waals surface area (Å²) < 4.78 is 33.6. The molecule has 0 aliphatic rings. The molecule has 10 nitrogen and oxygen atoms in total. The van der Waals surface area contributed by atoms with Crippen LogP contribution in [0.15, 0.2) is 81.2 Å². The molecule has 1 amide bonds. The Morgan fingerprint density at radius 1 is 1.14 bits per heavy atom. The summed E-state index contributed by atoms with van der Waals surface area (Å²) in [6, 6.07) is 16.6. The van der Waals surface area contributed by atoms with Gasteiger partial charge in [-0.05, 0) is 70.9 Å². The molecule has 0 atom stereocenters. The topological polar surface area (TPSA) is 131 Å². The maximum atomic E-state index is 13.5. The molecule has 3 aromatic rings. The molecular weight excluding hydrogens is 540 g/mol. The molecule has 12 heteroatoms. The zero-order chi connectivity index (χ0) is 25.6. The highest BCUT2D eigenvalue weighted by Crippen LogP contribution is 2.30. The number of carbonyl (C=O) groups is 1. The van der Waals surface area contributed by atoms with Gasteiger partial charge in [0.15, 0.2) is 0 Å². The van der Waals surface area contributed by atoms with E-state index in [2.05, 4.69) is 26.5 Å². The summed E-state index contributed by atoms with van der Waals surface area (Å²) >= 11 is 3.29. The summed E-state index contributed by atoms with van der Waals surface area (Å²) in [6.07, 6.45) is 1.30. The number of nitro benzene ring substituents is 1. The Morgan fingerprint density at radius 3 is 2.37 bits per heavy atom. The van der Waals surface area contributed by atoms with E-state index in [0.717, 1.165) is 9.87 Å². The number of hydrogen-bond donors (Lipinski definition) is 1. The first-order chi connectivity index (χ1) is 16.6. The molecule has 182 valence electrons. The zero-order valence-corrected chi connectivity index (χ0v) is 21.1. The number of aryl methyl sites for hydroxylation is 1.